The first kappa shape index (κ1) is 56.4. The molecular formula is C41H67N17O10. The van der Waals surface area contributed by atoms with Crippen LogP contribution in [-0.4, -0.2) is 142 Å². The highest BCUT2D eigenvalue weighted by Crippen LogP contribution is 2.20. The summed E-state index contributed by atoms with van der Waals surface area (Å²) in [7, 11) is 0. The highest BCUT2D eigenvalue weighted by Gasteiger charge is 2.34. The van der Waals surface area contributed by atoms with Crippen molar-refractivity contribution in [3.63, 3.8) is 0 Å². The molecule has 0 spiro atoms. The lowest BCUT2D eigenvalue weighted by molar-refractivity contribution is -0.143. The smallest absolute Gasteiger partial charge is 0.326 e. The highest BCUT2D eigenvalue weighted by atomic mass is 16.4. The number of nitrogens with one attached hydrogen (secondary N) is 7. The van der Waals surface area contributed by atoms with E-state index in [1.165, 1.54) is 6.92 Å². The summed E-state index contributed by atoms with van der Waals surface area (Å²) < 4.78 is 0. The summed E-state index contributed by atoms with van der Waals surface area (Å²) in [6.45, 7) is 4.69. The molecule has 68 heavy (non-hydrogen) atoms. The fourth-order valence-corrected chi connectivity index (χ4v) is 6.59. The Hall–Kier alpha value is -7.71. The topological polar surface area (TPSA) is 484 Å². The van der Waals surface area contributed by atoms with E-state index in [0.717, 1.165) is 10.9 Å². The van der Waals surface area contributed by atoms with Gasteiger partial charge in [-0.25, -0.2) is 4.79 Å². The third-order valence-corrected chi connectivity index (χ3v) is 10.2. The Morgan fingerprint density at radius 2 is 1.04 bits per heavy atom. The zero-order valence-electron chi connectivity index (χ0n) is 38.3. The molecule has 0 bridgehead atoms. The van der Waals surface area contributed by atoms with E-state index >= 15 is 0 Å². The molecule has 0 aliphatic carbocycles. The minimum absolute atomic E-state index is 0.0257. The predicted octanol–water partition coefficient (Wildman–Crippen LogP) is -4.66. The van der Waals surface area contributed by atoms with Gasteiger partial charge in [0.05, 0.1) is 12.5 Å². The highest BCUT2D eigenvalue weighted by molar-refractivity contribution is 5.98. The maximum atomic E-state index is 14.3. The Balaban J connectivity index is 2.48. The van der Waals surface area contributed by atoms with Gasteiger partial charge in [-0.3, -0.25) is 48.5 Å². The van der Waals surface area contributed by atoms with Crippen molar-refractivity contribution in [2.24, 2.45) is 61.0 Å². The Labute approximate surface area is 392 Å². The number of guanidine groups is 3. The molecule has 376 valence electrons. The number of aromatic amines is 1. The van der Waals surface area contributed by atoms with Crippen molar-refractivity contribution in [2.75, 3.05) is 19.6 Å². The third-order valence-electron chi connectivity index (χ3n) is 10.2. The fraction of sp³-hybridized carbons (Fsp3) is 0.537. The first-order chi connectivity index (χ1) is 32.0. The van der Waals surface area contributed by atoms with Gasteiger partial charge in [0.2, 0.25) is 35.4 Å². The van der Waals surface area contributed by atoms with Crippen molar-refractivity contribution < 1.29 is 48.6 Å². The molecule has 7 atom stereocenters. The Kier molecular flexibility index (Phi) is 23.5. The second kappa shape index (κ2) is 28.4. The van der Waals surface area contributed by atoms with Gasteiger partial charge in [0.15, 0.2) is 17.9 Å². The number of carboxylic acids is 2. The number of carboxylic acid groups (broad SMARTS) is 2. The minimum atomic E-state index is -1.47. The zero-order valence-corrected chi connectivity index (χ0v) is 38.3. The van der Waals surface area contributed by atoms with Gasteiger partial charge in [-0.1, -0.05) is 32.0 Å². The van der Waals surface area contributed by atoms with Gasteiger partial charge < -0.3 is 87.2 Å². The van der Waals surface area contributed by atoms with Crippen molar-refractivity contribution in [3.8, 4) is 0 Å². The number of hydrogen-bond acceptors (Lipinski definition) is 12. The van der Waals surface area contributed by atoms with Crippen LogP contribution in [-0.2, 0) is 44.8 Å². The van der Waals surface area contributed by atoms with Gasteiger partial charge in [0.25, 0.3) is 0 Å². The molecule has 0 unspecified atom stereocenters. The van der Waals surface area contributed by atoms with Crippen LogP contribution >= 0.6 is 0 Å². The first-order valence-electron chi connectivity index (χ1n) is 21.7. The van der Waals surface area contributed by atoms with Crippen LogP contribution in [0.4, 0.5) is 0 Å². The van der Waals surface area contributed by atoms with Gasteiger partial charge in [-0.05, 0) is 63.0 Å². The molecule has 1 aromatic heterocycles. The number of H-pyrrole nitrogens is 1. The number of rotatable bonds is 30. The molecule has 1 aromatic carbocycles. The SMILES string of the molecule is CC(C)[C@H](NC(=O)[C@H](CCCN=C(N)N)NC(=O)[C@H](CCCN=C(N)N)NC(=O)[C@H](Cc1c[nH]c2ccccc12)NC(=O)[C@H](C)NC(=O)[C@@H](N)CC(=O)O)C(=O)N[C@@H](CCCN=C(N)N)C(=O)O. The number of benzene rings is 1. The van der Waals surface area contributed by atoms with Crippen molar-refractivity contribution in [1.29, 1.82) is 0 Å². The standard InChI is InChI=1S/C41H67N17O10/c1-20(2)31(37(66)56-28(38(67)68)13-8-16-51-41(47)48)58-35(64)27(12-7-15-50-40(45)46)54-34(63)26(11-6-14-49-39(43)44)55-36(65)29(17-22-19-52-25-10-5-4-9-23(22)25)57-32(61)21(3)53-33(62)24(42)18-30(59)60/h4-5,9-10,19-21,24,26-29,31,52H,6-8,11-18,42H2,1-3H3,(H,53,62)(H,54,63)(H,55,65)(H,56,66)(H,57,61)(H,58,64)(H,59,60)(H,67,68)(H4,43,44,49)(H4,45,46,50)(H4,47,48,51)/t21-,24-,26-,27-,28-,29-,31-/m0/s1. The molecule has 23 N–H and O–H groups in total. The monoisotopic (exact) mass is 958 g/mol. The Bertz CT molecular complexity index is 2150. The molecule has 0 saturated heterocycles. The van der Waals surface area contributed by atoms with Crippen LogP contribution in [0.5, 0.6) is 0 Å². The zero-order chi connectivity index (χ0) is 51.1. The molecule has 0 saturated carbocycles. The number of aromatic nitrogens is 1. The number of carbonyl (C=O) groups is 8. The lowest BCUT2D eigenvalue weighted by atomic mass is 10.0. The molecule has 0 aliphatic rings. The second-order valence-electron chi connectivity index (χ2n) is 16.2. The van der Waals surface area contributed by atoms with Gasteiger partial charge in [0.1, 0.15) is 36.3 Å². The number of fused-ring (bicyclic) bond motifs is 1. The summed E-state index contributed by atoms with van der Waals surface area (Å²) in [4.78, 5) is 120. The number of nitrogens with zero attached hydrogens (tertiary/aromatic N) is 3. The van der Waals surface area contributed by atoms with Gasteiger partial charge in [0, 0.05) is 43.2 Å². The third kappa shape index (κ3) is 20.2. The molecule has 2 aromatic rings. The number of amides is 6. The summed E-state index contributed by atoms with van der Waals surface area (Å²) >= 11 is 0. The summed E-state index contributed by atoms with van der Waals surface area (Å²) in [5.41, 5.74) is 39.6. The van der Waals surface area contributed by atoms with Gasteiger partial charge >= 0.3 is 11.9 Å². The van der Waals surface area contributed by atoms with Crippen molar-refractivity contribution in [2.45, 2.75) is 114 Å². The van der Waals surface area contributed by atoms with Crippen LogP contribution in [0.15, 0.2) is 45.4 Å². The summed E-state index contributed by atoms with van der Waals surface area (Å²) in [5, 5.41) is 34.9. The first-order valence-corrected chi connectivity index (χ1v) is 21.7. The van der Waals surface area contributed by atoms with Crippen LogP contribution in [0, 0.1) is 5.92 Å². The largest absolute Gasteiger partial charge is 0.481 e. The summed E-state index contributed by atoms with van der Waals surface area (Å²) in [6, 6.07) is -2.45. The molecule has 1 heterocycles. The van der Waals surface area contributed by atoms with Crippen LogP contribution in [0.25, 0.3) is 10.9 Å². The van der Waals surface area contributed by atoms with E-state index in [-0.39, 0.29) is 82.5 Å². The Morgan fingerprint density at radius 1 is 0.588 bits per heavy atom. The Morgan fingerprint density at radius 3 is 1.53 bits per heavy atom. The quantitative estimate of drug-likeness (QED) is 0.0199. The number of nitrogens with two attached hydrogens (primary N) is 7. The van der Waals surface area contributed by atoms with Crippen LogP contribution < -0.4 is 72.0 Å². The fourth-order valence-electron chi connectivity index (χ4n) is 6.59. The predicted molar refractivity (Wildman–Crippen MR) is 252 cm³/mol. The maximum absolute atomic E-state index is 14.3. The van der Waals surface area contributed by atoms with E-state index in [2.05, 4.69) is 51.9 Å². The average molecular weight is 958 g/mol. The number of aliphatic carboxylic acids is 2. The molecular weight excluding hydrogens is 891 g/mol. The van der Waals surface area contributed by atoms with Gasteiger partial charge in [-0.15, -0.1) is 0 Å². The molecule has 0 fully saturated rings. The van der Waals surface area contributed by atoms with Gasteiger partial charge in [-0.2, -0.15) is 0 Å². The lowest BCUT2D eigenvalue weighted by Crippen LogP contribution is -2.60. The number of aliphatic imine (C=N–C) groups is 3. The summed E-state index contributed by atoms with van der Waals surface area (Å²) in [5.74, 6) is -9.07. The van der Waals surface area contributed by atoms with E-state index in [1.54, 1.807) is 44.3 Å². The van der Waals surface area contributed by atoms with E-state index < -0.39 is 102 Å². The molecule has 6 amide bonds. The number of para-hydroxylation sites is 1. The van der Waals surface area contributed by atoms with Crippen LogP contribution in [0.1, 0.15) is 71.3 Å². The average Bonchev–Trinajstić information content (AvgIpc) is 3.66. The van der Waals surface area contributed by atoms with Crippen molar-refractivity contribution >= 4 is 76.2 Å². The number of hydrogen-bond donors (Lipinski definition) is 16. The van der Waals surface area contributed by atoms with Crippen LogP contribution in [0.3, 0.4) is 0 Å². The summed E-state index contributed by atoms with van der Waals surface area (Å²) in [6.07, 6.45) is 1.05. The van der Waals surface area contributed by atoms with E-state index in [4.69, 9.17) is 45.2 Å². The second-order valence-corrected chi connectivity index (χ2v) is 16.2. The number of carbonyl (C=O) groups excluding carboxylic acids is 6. The van der Waals surface area contributed by atoms with Crippen LogP contribution in [0.2, 0.25) is 0 Å². The lowest BCUT2D eigenvalue weighted by Gasteiger charge is -2.28. The van der Waals surface area contributed by atoms with E-state index in [1.807, 2.05) is 0 Å². The maximum Gasteiger partial charge on any atom is 0.326 e. The molecule has 0 aliphatic heterocycles. The molecule has 0 radical (unpaired) electrons. The van der Waals surface area contributed by atoms with E-state index in [0.29, 0.717) is 5.56 Å². The minimum Gasteiger partial charge on any atom is -0.481 e. The molecule has 27 nitrogen and oxygen atoms in total. The molecule has 27 heteroatoms. The van der Waals surface area contributed by atoms with Crippen molar-refractivity contribution in [3.05, 3.63) is 36.0 Å². The molecule has 2 rings (SSSR count). The normalized spacial score (nSPS) is 14.0. The van der Waals surface area contributed by atoms with E-state index in [9.17, 15) is 43.5 Å². The van der Waals surface area contributed by atoms with Crippen molar-refractivity contribution in [1.82, 2.24) is 36.9 Å².